The Labute approximate surface area is 256 Å². The third kappa shape index (κ3) is 5.55. The predicted molar refractivity (Wildman–Crippen MR) is 159 cm³/mol. The zero-order valence-corrected chi connectivity index (χ0v) is 24.4. The van der Waals surface area contributed by atoms with Crippen molar-refractivity contribution >= 4 is 23.7 Å². The van der Waals surface area contributed by atoms with Gasteiger partial charge in [-0.05, 0) is 24.0 Å². The Balaban J connectivity index is 1.39. The van der Waals surface area contributed by atoms with Gasteiger partial charge in [-0.3, -0.25) is 19.2 Å². The number of aliphatic hydroxyl groups excluding tert-OH is 1. The van der Waals surface area contributed by atoms with Crippen LogP contribution < -0.4 is 5.32 Å². The highest BCUT2D eigenvalue weighted by atomic mass is 16.5. The van der Waals surface area contributed by atoms with Gasteiger partial charge in [0.05, 0.1) is 24.0 Å². The van der Waals surface area contributed by atoms with Gasteiger partial charge in [0.15, 0.2) is 0 Å². The van der Waals surface area contributed by atoms with E-state index in [1.54, 1.807) is 23.1 Å². The maximum absolute atomic E-state index is 14.4. The van der Waals surface area contributed by atoms with Gasteiger partial charge < -0.3 is 29.7 Å². The Morgan fingerprint density at radius 3 is 2.45 bits per heavy atom. The lowest BCUT2D eigenvalue weighted by atomic mass is 9.77. The molecule has 10 nitrogen and oxygen atoms in total. The van der Waals surface area contributed by atoms with Gasteiger partial charge in [0, 0.05) is 32.7 Å². The molecular formula is C34H37N3O7. The van der Waals surface area contributed by atoms with E-state index in [4.69, 9.17) is 9.47 Å². The highest BCUT2D eigenvalue weighted by molar-refractivity contribution is 5.99. The molecule has 3 amide bonds. The minimum Gasteiger partial charge on any atom is -0.463 e. The van der Waals surface area contributed by atoms with E-state index in [1.165, 1.54) is 4.90 Å². The summed E-state index contributed by atoms with van der Waals surface area (Å²) in [4.78, 5) is 58.5. The van der Waals surface area contributed by atoms with E-state index >= 15 is 0 Å². The van der Waals surface area contributed by atoms with Gasteiger partial charge in [0.25, 0.3) is 0 Å². The fourth-order valence-electron chi connectivity index (χ4n) is 6.91. The van der Waals surface area contributed by atoms with Crippen molar-refractivity contribution in [2.75, 3.05) is 26.3 Å². The Morgan fingerprint density at radius 1 is 0.955 bits per heavy atom. The lowest BCUT2D eigenvalue weighted by Gasteiger charge is -2.35. The Bertz CT molecular complexity index is 1450. The highest BCUT2D eigenvalue weighted by Crippen LogP contribution is 2.53. The number of likely N-dealkylation sites (tertiary alicyclic amines) is 1. The summed E-state index contributed by atoms with van der Waals surface area (Å²) >= 11 is 0. The van der Waals surface area contributed by atoms with E-state index in [0.29, 0.717) is 19.5 Å². The van der Waals surface area contributed by atoms with E-state index in [-0.39, 0.29) is 50.4 Å². The van der Waals surface area contributed by atoms with Crippen LogP contribution >= 0.6 is 0 Å². The SMILES string of the molecule is O=C1CC/C=C\[C@@H]2O[C@@]34C=CCN(Cc5ccccc5)C(=O)[C@@H]3N(CCCO)C(=O)[C@H]4[C@@H]2C(=O)N[C@@H](c2ccccc2)CO1. The molecule has 44 heavy (non-hydrogen) atoms. The van der Waals surface area contributed by atoms with Crippen LogP contribution in [0.5, 0.6) is 0 Å². The second-order valence-electron chi connectivity index (χ2n) is 11.7. The minimum absolute atomic E-state index is 0.0572. The number of ether oxygens (including phenoxy) is 2. The van der Waals surface area contributed by atoms with E-state index in [0.717, 1.165) is 11.1 Å². The molecule has 0 saturated carbocycles. The molecule has 2 fully saturated rings. The van der Waals surface area contributed by atoms with Crippen LogP contribution in [0.4, 0.5) is 0 Å². The fraction of sp³-hybridized carbons (Fsp3) is 0.412. The van der Waals surface area contributed by atoms with E-state index in [2.05, 4.69) is 5.32 Å². The first-order valence-corrected chi connectivity index (χ1v) is 15.2. The van der Waals surface area contributed by atoms with Crippen molar-refractivity contribution in [2.45, 2.75) is 49.6 Å². The molecular weight excluding hydrogens is 562 g/mol. The van der Waals surface area contributed by atoms with Gasteiger partial charge in [-0.2, -0.15) is 0 Å². The number of carbonyl (C=O) groups excluding carboxylic acids is 4. The predicted octanol–water partition coefficient (Wildman–Crippen LogP) is 2.30. The second-order valence-corrected chi connectivity index (χ2v) is 11.7. The summed E-state index contributed by atoms with van der Waals surface area (Å²) in [5.74, 6) is -3.34. The number of hydrogen-bond acceptors (Lipinski definition) is 7. The summed E-state index contributed by atoms with van der Waals surface area (Å²) < 4.78 is 12.2. The number of rotatable bonds is 6. The number of allylic oxidation sites excluding steroid dienone is 1. The summed E-state index contributed by atoms with van der Waals surface area (Å²) in [6, 6.07) is 17.2. The van der Waals surface area contributed by atoms with Crippen molar-refractivity contribution in [1.82, 2.24) is 15.1 Å². The van der Waals surface area contributed by atoms with Crippen LogP contribution in [-0.4, -0.2) is 82.6 Å². The second kappa shape index (κ2) is 12.8. The molecule has 0 unspecified atom stereocenters. The van der Waals surface area contributed by atoms with E-state index < -0.39 is 41.5 Å². The van der Waals surface area contributed by atoms with Gasteiger partial charge in [-0.1, -0.05) is 85.0 Å². The number of nitrogens with zero attached hydrogens (tertiary/aromatic N) is 2. The summed E-state index contributed by atoms with van der Waals surface area (Å²) in [6.07, 6.45) is 7.16. The van der Waals surface area contributed by atoms with E-state index in [1.807, 2.05) is 66.7 Å². The zero-order chi connectivity index (χ0) is 30.7. The van der Waals surface area contributed by atoms with Gasteiger partial charge >= 0.3 is 5.97 Å². The molecule has 2 N–H and O–H groups in total. The van der Waals surface area contributed by atoms with Crippen LogP contribution in [0.2, 0.25) is 0 Å². The quantitative estimate of drug-likeness (QED) is 0.386. The number of hydrogen-bond donors (Lipinski definition) is 2. The third-order valence-corrected chi connectivity index (χ3v) is 8.92. The van der Waals surface area contributed by atoms with Gasteiger partial charge in [0.1, 0.15) is 18.2 Å². The fourth-order valence-corrected chi connectivity index (χ4v) is 6.91. The first-order valence-electron chi connectivity index (χ1n) is 15.2. The van der Waals surface area contributed by atoms with Crippen molar-refractivity contribution in [3.05, 3.63) is 96.1 Å². The summed E-state index contributed by atoms with van der Waals surface area (Å²) in [7, 11) is 0. The van der Waals surface area contributed by atoms with Crippen molar-refractivity contribution < 1.29 is 33.8 Å². The molecule has 0 aromatic heterocycles. The molecule has 0 bridgehead atoms. The molecule has 2 aromatic carbocycles. The number of amides is 3. The molecule has 6 atom stereocenters. The first kappa shape index (κ1) is 29.8. The molecule has 10 heteroatoms. The normalized spacial score (nSPS) is 31.2. The smallest absolute Gasteiger partial charge is 0.306 e. The third-order valence-electron chi connectivity index (χ3n) is 8.92. The average Bonchev–Trinajstić information content (AvgIpc) is 3.42. The maximum Gasteiger partial charge on any atom is 0.306 e. The van der Waals surface area contributed by atoms with Crippen LogP contribution in [0.1, 0.15) is 36.4 Å². The van der Waals surface area contributed by atoms with Gasteiger partial charge in [-0.25, -0.2) is 0 Å². The summed E-state index contributed by atoms with van der Waals surface area (Å²) in [6.45, 7) is 0.607. The summed E-state index contributed by atoms with van der Waals surface area (Å²) in [5, 5.41) is 12.7. The highest BCUT2D eigenvalue weighted by Gasteiger charge is 2.71. The van der Waals surface area contributed by atoms with Crippen LogP contribution in [0.15, 0.2) is 85.0 Å². The average molecular weight is 600 g/mol. The molecule has 4 heterocycles. The number of carbonyl (C=O) groups is 4. The number of fused-ring (bicyclic) bond motifs is 2. The van der Waals surface area contributed by atoms with Gasteiger partial charge in [0.2, 0.25) is 17.7 Å². The number of nitrogens with one attached hydrogen (secondary N) is 1. The van der Waals surface area contributed by atoms with Crippen LogP contribution in [0, 0.1) is 11.8 Å². The van der Waals surface area contributed by atoms with Crippen molar-refractivity contribution in [1.29, 1.82) is 0 Å². The molecule has 2 aromatic rings. The maximum atomic E-state index is 14.4. The minimum atomic E-state index is -1.39. The van der Waals surface area contributed by atoms with E-state index in [9.17, 15) is 24.3 Å². The monoisotopic (exact) mass is 599 g/mol. The molecule has 2 saturated heterocycles. The molecule has 1 spiro atoms. The molecule has 0 aliphatic carbocycles. The lowest BCUT2D eigenvalue weighted by molar-refractivity contribution is -0.148. The standard InChI is InChI=1S/C34H37N3O7/c38-20-10-19-37-30-33(42)36(21-23-11-3-1-4-12-23)18-9-17-34(30)29(32(37)41)28-26(44-34)15-7-8-16-27(39)43-22-25(35-31(28)40)24-13-5-2-6-14-24/h1-7,9,11-15,17,25-26,28-30,38H,8,10,16,18-22H2,(H,35,40)/b15-7-/t25-,26+,28-,29-,30+,34-/m1/s1. The number of esters is 1. The topological polar surface area (TPSA) is 125 Å². The number of aliphatic hydroxyl groups is 1. The summed E-state index contributed by atoms with van der Waals surface area (Å²) in [5.41, 5.74) is 0.321. The molecule has 0 radical (unpaired) electrons. The first-order chi connectivity index (χ1) is 21.4. The van der Waals surface area contributed by atoms with Crippen LogP contribution in [0.3, 0.4) is 0 Å². The zero-order valence-electron chi connectivity index (χ0n) is 24.4. The van der Waals surface area contributed by atoms with Crippen molar-refractivity contribution in [3.8, 4) is 0 Å². The Kier molecular flexibility index (Phi) is 8.63. The van der Waals surface area contributed by atoms with Crippen LogP contribution in [-0.2, 0) is 35.2 Å². The Hall–Kier alpha value is -4.28. The van der Waals surface area contributed by atoms with Crippen LogP contribution in [0.25, 0.3) is 0 Å². The molecule has 6 rings (SSSR count). The largest absolute Gasteiger partial charge is 0.463 e. The van der Waals surface area contributed by atoms with Crippen molar-refractivity contribution in [3.63, 3.8) is 0 Å². The number of cyclic esters (lactones) is 1. The number of benzene rings is 2. The van der Waals surface area contributed by atoms with Crippen molar-refractivity contribution in [2.24, 2.45) is 11.8 Å². The lowest BCUT2D eigenvalue weighted by Crippen LogP contribution is -2.55. The molecule has 4 aliphatic heterocycles. The molecule has 4 aliphatic rings. The Morgan fingerprint density at radius 2 is 1.70 bits per heavy atom. The molecule has 230 valence electrons. The van der Waals surface area contributed by atoms with Gasteiger partial charge in [-0.15, -0.1) is 0 Å².